The van der Waals surface area contributed by atoms with Crippen LogP contribution in [0.1, 0.15) is 30.4 Å². The fraction of sp³-hybridized carbons (Fsp3) is 0.395. The van der Waals surface area contributed by atoms with Crippen molar-refractivity contribution in [3.05, 3.63) is 76.7 Å². The van der Waals surface area contributed by atoms with Crippen LogP contribution in [0.3, 0.4) is 0 Å². The highest BCUT2D eigenvalue weighted by Gasteiger charge is 2.28. The van der Waals surface area contributed by atoms with E-state index in [1.54, 1.807) is 43.9 Å². The van der Waals surface area contributed by atoms with Gasteiger partial charge in [-0.25, -0.2) is 9.78 Å². The number of nitrogens with one attached hydrogen (secondary N) is 3. The Hall–Kier alpha value is -5.31. The molecule has 0 atom stereocenters. The minimum absolute atomic E-state index is 0.221. The van der Waals surface area contributed by atoms with Gasteiger partial charge in [0.15, 0.2) is 0 Å². The third-order valence-corrected chi connectivity index (χ3v) is 13.8. The van der Waals surface area contributed by atoms with Crippen LogP contribution in [0.2, 0.25) is 0 Å². The fourth-order valence-corrected chi connectivity index (χ4v) is 10.3. The number of methoxy groups -OCH3 is 1. The Bertz CT molecular complexity index is 2480. The molecule has 3 aliphatic heterocycles. The second kappa shape index (κ2) is 17.3. The van der Waals surface area contributed by atoms with Crippen molar-refractivity contribution in [3.63, 3.8) is 0 Å². The van der Waals surface area contributed by atoms with Crippen LogP contribution in [-0.4, -0.2) is 110 Å². The number of nitrogens with zero attached hydrogens (tertiary/aromatic N) is 8. The van der Waals surface area contributed by atoms with Gasteiger partial charge in [-0.2, -0.15) is 4.98 Å². The number of fused-ring (bicyclic) bond motifs is 1. The number of urea groups is 1. The molecular formula is C43H51BrN11O4P. The zero-order valence-corrected chi connectivity index (χ0v) is 37.1. The summed E-state index contributed by atoms with van der Waals surface area (Å²) >= 11 is 3.59. The Balaban J connectivity index is 0.868. The van der Waals surface area contributed by atoms with E-state index in [4.69, 9.17) is 9.72 Å². The number of piperazine rings is 1. The molecule has 3 N–H and O–H groups in total. The minimum Gasteiger partial charge on any atom is -0.494 e. The van der Waals surface area contributed by atoms with E-state index in [1.165, 1.54) is 5.69 Å². The van der Waals surface area contributed by atoms with Crippen molar-refractivity contribution in [2.45, 2.75) is 33.1 Å². The van der Waals surface area contributed by atoms with Gasteiger partial charge in [0.2, 0.25) is 11.9 Å². The van der Waals surface area contributed by atoms with Crippen molar-refractivity contribution >= 4 is 91.6 Å². The van der Waals surface area contributed by atoms with Crippen molar-refractivity contribution in [2.75, 3.05) is 98.1 Å². The first-order valence-corrected chi connectivity index (χ1v) is 23.7. The number of amides is 3. The first-order valence-electron chi connectivity index (χ1n) is 20.3. The molecule has 5 aromatic rings. The molecule has 3 aromatic carbocycles. The smallest absolute Gasteiger partial charge is 0.328 e. The summed E-state index contributed by atoms with van der Waals surface area (Å²) in [7, 11) is -1.09. The molecule has 0 saturated carbocycles. The Morgan fingerprint density at radius 3 is 2.30 bits per heavy atom. The summed E-state index contributed by atoms with van der Waals surface area (Å²) < 4.78 is 20.0. The highest BCUT2D eigenvalue weighted by Crippen LogP contribution is 2.42. The normalized spacial score (nSPS) is 16.9. The number of hydrogen-bond donors (Lipinski definition) is 3. The minimum atomic E-state index is -2.76. The molecule has 8 rings (SSSR count). The van der Waals surface area contributed by atoms with E-state index < -0.39 is 7.14 Å². The van der Waals surface area contributed by atoms with Crippen molar-refractivity contribution < 1.29 is 18.9 Å². The number of carbonyl (C=O) groups is 2. The van der Waals surface area contributed by atoms with Gasteiger partial charge in [0.05, 0.1) is 33.8 Å². The predicted molar refractivity (Wildman–Crippen MR) is 243 cm³/mol. The summed E-state index contributed by atoms with van der Waals surface area (Å²) in [6, 6.07) is 13.7. The van der Waals surface area contributed by atoms with Gasteiger partial charge in [0.1, 0.15) is 24.2 Å². The Kier molecular flexibility index (Phi) is 12.0. The summed E-state index contributed by atoms with van der Waals surface area (Å²) in [6.45, 7) is 15.1. The second-order valence-corrected chi connectivity index (χ2v) is 20.2. The third kappa shape index (κ3) is 8.91. The van der Waals surface area contributed by atoms with Gasteiger partial charge in [0, 0.05) is 100 Å². The SMILES string of the molecule is COc1cc(N2CCN(CC3CCN(c4ccc(N5CCC(=O)NC5=O)cc4C)CC3)CC2)c(C)cc1Nc1ncc(Br)c(Nc2ccc3nccnc3c2P(C)(C)=O)n1. The summed E-state index contributed by atoms with van der Waals surface area (Å²) in [5.74, 6) is 2.00. The van der Waals surface area contributed by atoms with Gasteiger partial charge in [0.25, 0.3) is 0 Å². The van der Waals surface area contributed by atoms with Crippen LogP contribution in [-0.2, 0) is 9.36 Å². The number of hydrogen-bond acceptors (Lipinski definition) is 13. The molecular weight excluding hydrogens is 845 g/mol. The van der Waals surface area contributed by atoms with E-state index in [1.807, 2.05) is 18.2 Å². The first kappa shape index (κ1) is 41.4. The van der Waals surface area contributed by atoms with Crippen LogP contribution >= 0.6 is 23.1 Å². The molecule has 5 heterocycles. The topological polar surface area (TPSA) is 161 Å². The standard InChI is InChI=1S/C43H51BrN11O4P/c1-27-22-30(55-17-12-38(56)50-43(55)57)6-9-35(27)53-15-10-29(11-16-53)26-52-18-20-54(21-19-52)36-24-37(59-3)34(23-28(36)2)49-42-47-25-31(44)41(51-42)48-33-8-7-32-39(46-14-13-45-32)40(33)60(4,5)58/h6-9,13-14,22-25,29H,10-12,15-21,26H2,1-5H3,(H,50,56,57)(H2,47,48,49,51). The Labute approximate surface area is 358 Å². The molecule has 3 aliphatic rings. The van der Waals surface area contributed by atoms with Gasteiger partial charge in [-0.3, -0.25) is 29.9 Å². The van der Waals surface area contributed by atoms with E-state index >= 15 is 0 Å². The lowest BCUT2D eigenvalue weighted by atomic mass is 9.95. The summed E-state index contributed by atoms with van der Waals surface area (Å²) in [5, 5.41) is 9.77. The van der Waals surface area contributed by atoms with E-state index in [-0.39, 0.29) is 11.9 Å². The number of rotatable bonds is 11. The average Bonchev–Trinajstić information content (AvgIpc) is 3.22. The molecule has 0 radical (unpaired) electrons. The number of imide groups is 1. The van der Waals surface area contributed by atoms with Crippen LogP contribution < -0.4 is 40.7 Å². The second-order valence-electron chi connectivity index (χ2n) is 16.2. The molecule has 3 fully saturated rings. The van der Waals surface area contributed by atoms with Gasteiger partial charge in [-0.1, -0.05) is 0 Å². The fourth-order valence-electron chi connectivity index (χ4n) is 8.58. The number of anilines is 7. The Morgan fingerprint density at radius 1 is 0.850 bits per heavy atom. The summed E-state index contributed by atoms with van der Waals surface area (Å²) in [5.41, 5.74) is 8.12. The van der Waals surface area contributed by atoms with Crippen LogP contribution in [0, 0.1) is 19.8 Å². The maximum Gasteiger partial charge on any atom is 0.328 e. The number of carbonyl (C=O) groups excluding carboxylic acids is 2. The highest BCUT2D eigenvalue weighted by atomic mass is 79.9. The molecule has 3 amide bonds. The molecule has 314 valence electrons. The van der Waals surface area contributed by atoms with Crippen LogP contribution in [0.4, 0.5) is 45.0 Å². The largest absolute Gasteiger partial charge is 0.494 e. The lowest BCUT2D eigenvalue weighted by molar-refractivity contribution is -0.120. The molecule has 0 unspecified atom stereocenters. The number of aryl methyl sites for hydroxylation is 2. The maximum absolute atomic E-state index is 13.5. The molecule has 15 nitrogen and oxygen atoms in total. The van der Waals surface area contributed by atoms with Crippen molar-refractivity contribution in [3.8, 4) is 5.75 Å². The number of halogens is 1. The number of ether oxygens (including phenoxy) is 1. The molecule has 17 heteroatoms. The Morgan fingerprint density at radius 2 is 1.58 bits per heavy atom. The van der Waals surface area contributed by atoms with E-state index in [2.05, 4.69) is 99.6 Å². The first-order chi connectivity index (χ1) is 28.8. The van der Waals surface area contributed by atoms with Crippen LogP contribution in [0.5, 0.6) is 5.75 Å². The maximum atomic E-state index is 13.5. The van der Waals surface area contributed by atoms with E-state index in [0.717, 1.165) is 86.8 Å². The predicted octanol–water partition coefficient (Wildman–Crippen LogP) is 7.03. The lowest BCUT2D eigenvalue weighted by Crippen LogP contribution is -2.49. The monoisotopic (exact) mass is 895 g/mol. The molecule has 60 heavy (non-hydrogen) atoms. The van der Waals surface area contributed by atoms with Crippen molar-refractivity contribution in [1.29, 1.82) is 0 Å². The molecule has 3 saturated heterocycles. The van der Waals surface area contributed by atoms with Gasteiger partial charge >= 0.3 is 6.03 Å². The third-order valence-electron chi connectivity index (χ3n) is 11.6. The summed E-state index contributed by atoms with van der Waals surface area (Å²) in [4.78, 5) is 51.4. The lowest BCUT2D eigenvalue weighted by Gasteiger charge is -2.40. The van der Waals surface area contributed by atoms with Gasteiger partial charge in [-0.15, -0.1) is 0 Å². The van der Waals surface area contributed by atoms with Gasteiger partial charge < -0.3 is 29.7 Å². The highest BCUT2D eigenvalue weighted by molar-refractivity contribution is 9.10. The van der Waals surface area contributed by atoms with E-state index in [0.29, 0.717) is 62.9 Å². The van der Waals surface area contributed by atoms with Gasteiger partial charge in [-0.05, 0) is 109 Å². The molecule has 0 bridgehead atoms. The summed E-state index contributed by atoms with van der Waals surface area (Å²) in [6.07, 6.45) is 7.51. The number of aromatic nitrogens is 4. The zero-order chi connectivity index (χ0) is 42.1. The van der Waals surface area contributed by atoms with Crippen LogP contribution in [0.15, 0.2) is 65.5 Å². The average molecular weight is 897 g/mol. The molecule has 0 aliphatic carbocycles. The molecule has 0 spiro atoms. The van der Waals surface area contributed by atoms with Crippen molar-refractivity contribution in [2.24, 2.45) is 5.92 Å². The number of piperidine rings is 1. The number of benzene rings is 3. The van der Waals surface area contributed by atoms with Crippen LogP contribution in [0.25, 0.3) is 11.0 Å². The quantitative estimate of drug-likeness (QED) is 0.116. The van der Waals surface area contributed by atoms with Crippen molar-refractivity contribution in [1.82, 2.24) is 30.2 Å². The van der Waals surface area contributed by atoms with E-state index in [9.17, 15) is 14.2 Å². The molecule has 2 aromatic heterocycles. The zero-order valence-electron chi connectivity index (χ0n) is 34.7.